The summed E-state index contributed by atoms with van der Waals surface area (Å²) < 4.78 is 4.68. The third-order valence-corrected chi connectivity index (χ3v) is 2.70. The molecule has 2 aromatic heterocycles. The molecular formula is C12H9N3O2. The fraction of sp³-hybridized carbons (Fsp3) is 0.0833. The Hall–Kier alpha value is -2.43. The van der Waals surface area contributed by atoms with Gasteiger partial charge >= 0.3 is 5.97 Å². The van der Waals surface area contributed by atoms with E-state index in [2.05, 4.69) is 19.9 Å². The molecule has 84 valence electrons. The predicted octanol–water partition coefficient (Wildman–Crippen LogP) is 1.90. The van der Waals surface area contributed by atoms with Crippen LogP contribution < -0.4 is 0 Å². The summed E-state index contributed by atoms with van der Waals surface area (Å²) in [5, 5.41) is 8.71. The van der Waals surface area contributed by atoms with Crippen LogP contribution in [0, 0.1) is 0 Å². The second-order valence-electron chi connectivity index (χ2n) is 3.68. The molecule has 0 aliphatic carbocycles. The number of carbonyl (C=O) groups is 1. The van der Waals surface area contributed by atoms with Gasteiger partial charge in [-0.1, -0.05) is 6.07 Å². The molecule has 0 saturated carbocycles. The first-order chi connectivity index (χ1) is 8.29. The summed E-state index contributed by atoms with van der Waals surface area (Å²) in [6.07, 6.45) is 3.39. The Morgan fingerprint density at radius 2 is 2.24 bits per heavy atom. The Morgan fingerprint density at radius 1 is 1.35 bits per heavy atom. The molecule has 5 heteroatoms. The van der Waals surface area contributed by atoms with Crippen molar-refractivity contribution in [2.24, 2.45) is 0 Å². The number of aromatic nitrogens is 3. The van der Waals surface area contributed by atoms with Gasteiger partial charge in [0.25, 0.3) is 0 Å². The lowest BCUT2D eigenvalue weighted by atomic mass is 10.1. The Kier molecular flexibility index (Phi) is 2.04. The van der Waals surface area contributed by atoms with Crippen LogP contribution in [0.3, 0.4) is 0 Å². The molecule has 0 aliphatic rings. The zero-order chi connectivity index (χ0) is 11.8. The SMILES string of the molecule is COC(=O)c1ccc2c(cnc3cn[nH]c32)c1. The maximum atomic E-state index is 11.4. The molecule has 0 spiro atoms. The van der Waals surface area contributed by atoms with Gasteiger partial charge in [0.2, 0.25) is 0 Å². The first-order valence-electron chi connectivity index (χ1n) is 5.10. The van der Waals surface area contributed by atoms with Crippen molar-refractivity contribution in [1.82, 2.24) is 15.2 Å². The summed E-state index contributed by atoms with van der Waals surface area (Å²) in [5.74, 6) is -0.350. The van der Waals surface area contributed by atoms with Crippen LogP contribution in [0.5, 0.6) is 0 Å². The number of hydrogen-bond donors (Lipinski definition) is 1. The number of nitrogens with one attached hydrogen (secondary N) is 1. The topological polar surface area (TPSA) is 67.9 Å². The standard InChI is InChI=1S/C12H9N3O2/c1-17-12(16)7-2-3-9-8(4-7)5-13-10-6-14-15-11(9)10/h2-6H,1H3,(H,14,15). The summed E-state index contributed by atoms with van der Waals surface area (Å²) in [5.41, 5.74) is 2.20. The van der Waals surface area contributed by atoms with Crippen molar-refractivity contribution in [3.63, 3.8) is 0 Å². The molecule has 0 unspecified atom stereocenters. The largest absolute Gasteiger partial charge is 0.465 e. The Morgan fingerprint density at radius 3 is 3.06 bits per heavy atom. The number of nitrogens with zero attached hydrogens (tertiary/aromatic N) is 2. The van der Waals surface area contributed by atoms with Crippen LogP contribution in [0.25, 0.3) is 21.8 Å². The fourth-order valence-electron chi connectivity index (χ4n) is 1.86. The molecule has 1 aromatic carbocycles. The van der Waals surface area contributed by atoms with Gasteiger partial charge < -0.3 is 4.74 Å². The lowest BCUT2D eigenvalue weighted by Gasteiger charge is -2.02. The van der Waals surface area contributed by atoms with Crippen LogP contribution >= 0.6 is 0 Å². The monoisotopic (exact) mass is 227 g/mol. The van der Waals surface area contributed by atoms with Gasteiger partial charge in [0.15, 0.2) is 0 Å². The summed E-state index contributed by atoms with van der Waals surface area (Å²) in [6.45, 7) is 0. The Labute approximate surface area is 96.4 Å². The number of rotatable bonds is 1. The normalized spacial score (nSPS) is 10.9. The van der Waals surface area contributed by atoms with E-state index in [4.69, 9.17) is 0 Å². The van der Waals surface area contributed by atoms with E-state index in [9.17, 15) is 4.79 Å². The summed E-state index contributed by atoms with van der Waals surface area (Å²) >= 11 is 0. The molecule has 0 fully saturated rings. The molecule has 0 radical (unpaired) electrons. The number of benzene rings is 1. The lowest BCUT2D eigenvalue weighted by Crippen LogP contribution is -2.00. The van der Waals surface area contributed by atoms with E-state index in [1.54, 1.807) is 24.5 Å². The second-order valence-corrected chi connectivity index (χ2v) is 3.68. The van der Waals surface area contributed by atoms with E-state index < -0.39 is 0 Å². The molecular weight excluding hydrogens is 218 g/mol. The molecule has 0 aliphatic heterocycles. The van der Waals surface area contributed by atoms with Gasteiger partial charge in [-0.25, -0.2) is 4.79 Å². The smallest absolute Gasteiger partial charge is 0.337 e. The highest BCUT2D eigenvalue weighted by Gasteiger charge is 2.08. The minimum absolute atomic E-state index is 0.350. The summed E-state index contributed by atoms with van der Waals surface area (Å²) in [4.78, 5) is 15.7. The average molecular weight is 227 g/mol. The molecule has 1 N–H and O–H groups in total. The number of fused-ring (bicyclic) bond motifs is 3. The highest BCUT2D eigenvalue weighted by Crippen LogP contribution is 2.22. The number of carbonyl (C=O) groups excluding carboxylic acids is 1. The molecule has 0 bridgehead atoms. The van der Waals surface area contributed by atoms with Crippen molar-refractivity contribution in [2.75, 3.05) is 7.11 Å². The van der Waals surface area contributed by atoms with E-state index in [0.29, 0.717) is 5.56 Å². The van der Waals surface area contributed by atoms with Gasteiger partial charge in [0.05, 0.1) is 24.4 Å². The molecule has 3 rings (SSSR count). The fourth-order valence-corrected chi connectivity index (χ4v) is 1.86. The van der Waals surface area contributed by atoms with Crippen molar-refractivity contribution in [3.8, 4) is 0 Å². The van der Waals surface area contributed by atoms with Gasteiger partial charge in [-0.05, 0) is 12.1 Å². The summed E-state index contributed by atoms with van der Waals surface area (Å²) in [7, 11) is 1.36. The van der Waals surface area contributed by atoms with E-state index in [1.165, 1.54) is 7.11 Å². The third-order valence-electron chi connectivity index (χ3n) is 2.70. The summed E-state index contributed by atoms with van der Waals surface area (Å²) in [6, 6.07) is 5.35. The average Bonchev–Trinajstić information content (AvgIpc) is 2.85. The van der Waals surface area contributed by atoms with Gasteiger partial charge in [0, 0.05) is 17.0 Å². The van der Waals surface area contributed by atoms with Crippen molar-refractivity contribution >= 4 is 27.8 Å². The van der Waals surface area contributed by atoms with E-state index in [0.717, 1.165) is 21.8 Å². The van der Waals surface area contributed by atoms with Gasteiger partial charge in [-0.3, -0.25) is 10.1 Å². The second kappa shape index (κ2) is 3.55. The van der Waals surface area contributed by atoms with Crippen LogP contribution in [0.4, 0.5) is 0 Å². The minimum Gasteiger partial charge on any atom is -0.465 e. The highest BCUT2D eigenvalue weighted by molar-refractivity contribution is 6.05. The quantitative estimate of drug-likeness (QED) is 0.644. The van der Waals surface area contributed by atoms with E-state index in [-0.39, 0.29) is 5.97 Å². The first-order valence-corrected chi connectivity index (χ1v) is 5.10. The predicted molar refractivity (Wildman–Crippen MR) is 62.7 cm³/mol. The van der Waals surface area contributed by atoms with Crippen LogP contribution in [-0.2, 0) is 4.74 Å². The molecule has 0 saturated heterocycles. The van der Waals surface area contributed by atoms with Crippen molar-refractivity contribution < 1.29 is 9.53 Å². The molecule has 17 heavy (non-hydrogen) atoms. The van der Waals surface area contributed by atoms with Crippen LogP contribution in [0.2, 0.25) is 0 Å². The van der Waals surface area contributed by atoms with Gasteiger partial charge in [-0.15, -0.1) is 0 Å². The zero-order valence-electron chi connectivity index (χ0n) is 9.10. The first kappa shape index (κ1) is 9.77. The Balaban J connectivity index is 2.30. The van der Waals surface area contributed by atoms with E-state index >= 15 is 0 Å². The zero-order valence-corrected chi connectivity index (χ0v) is 9.10. The maximum Gasteiger partial charge on any atom is 0.337 e. The van der Waals surface area contributed by atoms with Crippen LogP contribution in [-0.4, -0.2) is 28.3 Å². The van der Waals surface area contributed by atoms with Crippen LogP contribution in [0.15, 0.2) is 30.6 Å². The molecule has 0 atom stereocenters. The number of aromatic amines is 1. The van der Waals surface area contributed by atoms with Gasteiger partial charge in [0.1, 0.15) is 5.52 Å². The number of pyridine rings is 1. The number of hydrogen-bond acceptors (Lipinski definition) is 4. The highest BCUT2D eigenvalue weighted by atomic mass is 16.5. The molecule has 0 amide bonds. The Bertz CT molecular complexity index is 718. The minimum atomic E-state index is -0.350. The molecule has 3 aromatic rings. The maximum absolute atomic E-state index is 11.4. The number of ether oxygens (including phenoxy) is 1. The van der Waals surface area contributed by atoms with E-state index in [1.807, 2.05) is 6.07 Å². The lowest BCUT2D eigenvalue weighted by molar-refractivity contribution is 0.0601. The molecule has 2 heterocycles. The number of methoxy groups -OCH3 is 1. The molecule has 5 nitrogen and oxygen atoms in total. The van der Waals surface area contributed by atoms with Crippen LogP contribution in [0.1, 0.15) is 10.4 Å². The third kappa shape index (κ3) is 1.44. The van der Waals surface area contributed by atoms with Crippen molar-refractivity contribution in [2.45, 2.75) is 0 Å². The van der Waals surface area contributed by atoms with Crippen molar-refractivity contribution in [3.05, 3.63) is 36.2 Å². The number of H-pyrrole nitrogens is 1. The van der Waals surface area contributed by atoms with Crippen molar-refractivity contribution in [1.29, 1.82) is 0 Å². The van der Waals surface area contributed by atoms with Gasteiger partial charge in [-0.2, -0.15) is 5.10 Å². The number of esters is 1.